The molecule has 1 rings (SSSR count). The Labute approximate surface area is 76.8 Å². The van der Waals surface area contributed by atoms with Gasteiger partial charge in [-0.1, -0.05) is 0 Å². The minimum absolute atomic E-state index is 0.0422. The highest BCUT2D eigenvalue weighted by Gasteiger charge is 2.24. The highest BCUT2D eigenvalue weighted by molar-refractivity contribution is 5.96. The lowest BCUT2D eigenvalue weighted by Crippen LogP contribution is -2.48. The van der Waals surface area contributed by atoms with E-state index in [0.29, 0.717) is 19.8 Å². The quantitative estimate of drug-likeness (QED) is 0.568. The molecule has 74 valence electrons. The summed E-state index contributed by atoms with van der Waals surface area (Å²) in [4.78, 5) is 23.5. The van der Waals surface area contributed by atoms with Crippen molar-refractivity contribution in [3.8, 4) is 0 Å². The van der Waals surface area contributed by atoms with Gasteiger partial charge in [0.1, 0.15) is 6.42 Å². The van der Waals surface area contributed by atoms with Crippen LogP contribution in [0.15, 0.2) is 0 Å². The molecule has 0 aromatic heterocycles. The highest BCUT2D eigenvalue weighted by Crippen LogP contribution is 2.07. The molecule has 0 aromatic carbocycles. The second-order valence-corrected chi connectivity index (χ2v) is 3.15. The summed E-state index contributed by atoms with van der Waals surface area (Å²) in [6.07, 6.45) is -0.204. The molecule has 0 aliphatic carbocycles. The molecule has 5 heteroatoms. The van der Waals surface area contributed by atoms with Gasteiger partial charge in [-0.15, -0.1) is 0 Å². The van der Waals surface area contributed by atoms with Crippen LogP contribution in [0.4, 0.5) is 0 Å². The third kappa shape index (κ3) is 2.69. The summed E-state index contributed by atoms with van der Waals surface area (Å²) in [6.45, 7) is 3.50. The Kier molecular flexibility index (Phi) is 3.25. The third-order valence-electron chi connectivity index (χ3n) is 2.01. The maximum absolute atomic E-state index is 11.4. The Morgan fingerprint density at radius 1 is 1.62 bits per heavy atom. The zero-order chi connectivity index (χ0) is 9.84. The monoisotopic (exact) mass is 186 g/mol. The first-order valence-corrected chi connectivity index (χ1v) is 4.27. The standard InChI is InChI=1S/C8H14N2O3/c1-6-5-13-3-2-10(6)8(12)4-7(9)11/h6H,2-5H2,1H3,(H2,9,11). The van der Waals surface area contributed by atoms with E-state index >= 15 is 0 Å². The molecule has 0 saturated carbocycles. The first-order valence-electron chi connectivity index (χ1n) is 4.27. The Balaban J connectivity index is 2.48. The van der Waals surface area contributed by atoms with E-state index < -0.39 is 5.91 Å². The van der Waals surface area contributed by atoms with Crippen LogP contribution < -0.4 is 5.73 Å². The van der Waals surface area contributed by atoms with Gasteiger partial charge in [-0.2, -0.15) is 0 Å². The number of amides is 2. The van der Waals surface area contributed by atoms with E-state index in [0.717, 1.165) is 0 Å². The lowest BCUT2D eigenvalue weighted by atomic mass is 10.2. The van der Waals surface area contributed by atoms with E-state index in [4.69, 9.17) is 10.5 Å². The molecule has 5 nitrogen and oxygen atoms in total. The number of carbonyl (C=O) groups is 2. The predicted octanol–water partition coefficient (Wildman–Crippen LogP) is -0.891. The Morgan fingerprint density at radius 3 is 2.85 bits per heavy atom. The van der Waals surface area contributed by atoms with Gasteiger partial charge < -0.3 is 15.4 Å². The van der Waals surface area contributed by atoms with Gasteiger partial charge in [-0.3, -0.25) is 9.59 Å². The summed E-state index contributed by atoms with van der Waals surface area (Å²) in [5.41, 5.74) is 4.93. The molecule has 2 N–H and O–H groups in total. The summed E-state index contributed by atoms with van der Waals surface area (Å²) in [5, 5.41) is 0. The number of morpholine rings is 1. The van der Waals surface area contributed by atoms with Crippen LogP contribution in [-0.2, 0) is 14.3 Å². The van der Waals surface area contributed by atoms with E-state index in [1.54, 1.807) is 4.90 Å². The molecule has 1 fully saturated rings. The van der Waals surface area contributed by atoms with Gasteiger partial charge >= 0.3 is 0 Å². The van der Waals surface area contributed by atoms with Crippen LogP contribution in [0.5, 0.6) is 0 Å². The minimum atomic E-state index is -0.580. The second kappa shape index (κ2) is 4.23. The molecule has 13 heavy (non-hydrogen) atoms. The van der Waals surface area contributed by atoms with Gasteiger partial charge in [0.15, 0.2) is 0 Å². The molecule has 1 aliphatic heterocycles. The Morgan fingerprint density at radius 2 is 2.31 bits per heavy atom. The fourth-order valence-electron chi connectivity index (χ4n) is 1.35. The van der Waals surface area contributed by atoms with E-state index in [9.17, 15) is 9.59 Å². The molecule has 0 aromatic rings. The number of ether oxygens (including phenoxy) is 1. The van der Waals surface area contributed by atoms with Crippen molar-refractivity contribution in [3.63, 3.8) is 0 Å². The molecule has 1 unspecified atom stereocenters. The van der Waals surface area contributed by atoms with Crippen molar-refractivity contribution in [2.24, 2.45) is 5.73 Å². The van der Waals surface area contributed by atoms with E-state index in [-0.39, 0.29) is 18.4 Å². The molecule has 1 aliphatic rings. The third-order valence-corrected chi connectivity index (χ3v) is 2.01. The van der Waals surface area contributed by atoms with E-state index in [1.165, 1.54) is 0 Å². The molecular weight excluding hydrogens is 172 g/mol. The van der Waals surface area contributed by atoms with Crippen LogP contribution in [-0.4, -0.2) is 42.5 Å². The number of carbonyl (C=O) groups excluding carboxylic acids is 2. The van der Waals surface area contributed by atoms with Crippen molar-refractivity contribution in [2.45, 2.75) is 19.4 Å². The number of hydrogen-bond donors (Lipinski definition) is 1. The smallest absolute Gasteiger partial charge is 0.232 e. The van der Waals surface area contributed by atoms with Crippen LogP contribution in [0, 0.1) is 0 Å². The van der Waals surface area contributed by atoms with Crippen molar-refractivity contribution in [2.75, 3.05) is 19.8 Å². The number of nitrogens with zero attached hydrogens (tertiary/aromatic N) is 1. The van der Waals surface area contributed by atoms with Crippen molar-refractivity contribution in [1.82, 2.24) is 4.90 Å². The lowest BCUT2D eigenvalue weighted by Gasteiger charge is -2.33. The summed E-state index contributed by atoms with van der Waals surface area (Å²) in [7, 11) is 0. The maximum atomic E-state index is 11.4. The average Bonchev–Trinajstić information content (AvgIpc) is 2.03. The predicted molar refractivity (Wildman–Crippen MR) is 45.8 cm³/mol. The first kappa shape index (κ1) is 9.98. The molecule has 0 radical (unpaired) electrons. The van der Waals surface area contributed by atoms with Crippen molar-refractivity contribution in [3.05, 3.63) is 0 Å². The first-order chi connectivity index (χ1) is 6.11. The van der Waals surface area contributed by atoms with Crippen molar-refractivity contribution < 1.29 is 14.3 Å². The van der Waals surface area contributed by atoms with Crippen molar-refractivity contribution >= 4 is 11.8 Å². The van der Waals surface area contributed by atoms with Gasteiger partial charge in [0.25, 0.3) is 0 Å². The van der Waals surface area contributed by atoms with Crippen LogP contribution >= 0.6 is 0 Å². The second-order valence-electron chi connectivity index (χ2n) is 3.15. The fourth-order valence-corrected chi connectivity index (χ4v) is 1.35. The van der Waals surface area contributed by atoms with Gasteiger partial charge in [0.05, 0.1) is 19.3 Å². The SMILES string of the molecule is CC1COCCN1C(=O)CC(N)=O. The van der Waals surface area contributed by atoms with Crippen LogP contribution in [0.3, 0.4) is 0 Å². The van der Waals surface area contributed by atoms with Gasteiger partial charge in [-0.25, -0.2) is 0 Å². The molecule has 1 atom stereocenters. The lowest BCUT2D eigenvalue weighted by molar-refractivity contribution is -0.141. The van der Waals surface area contributed by atoms with Gasteiger partial charge in [0, 0.05) is 6.54 Å². The summed E-state index contributed by atoms with van der Waals surface area (Å²) in [6, 6.07) is 0.0422. The Bertz CT molecular complexity index is 217. The molecular formula is C8H14N2O3. The van der Waals surface area contributed by atoms with Crippen LogP contribution in [0.2, 0.25) is 0 Å². The van der Waals surface area contributed by atoms with Gasteiger partial charge in [0.2, 0.25) is 11.8 Å². The molecule has 2 amide bonds. The number of nitrogens with two attached hydrogens (primary N) is 1. The number of hydrogen-bond acceptors (Lipinski definition) is 3. The largest absolute Gasteiger partial charge is 0.377 e. The summed E-state index contributed by atoms with van der Waals surface area (Å²) < 4.78 is 5.16. The van der Waals surface area contributed by atoms with Crippen LogP contribution in [0.25, 0.3) is 0 Å². The highest BCUT2D eigenvalue weighted by atomic mass is 16.5. The minimum Gasteiger partial charge on any atom is -0.377 e. The summed E-state index contributed by atoms with van der Waals surface area (Å²) >= 11 is 0. The molecule has 0 spiro atoms. The number of primary amides is 1. The van der Waals surface area contributed by atoms with Crippen molar-refractivity contribution in [1.29, 1.82) is 0 Å². The molecule has 1 saturated heterocycles. The zero-order valence-electron chi connectivity index (χ0n) is 7.66. The molecule has 0 bridgehead atoms. The normalized spacial score (nSPS) is 22.8. The number of rotatable bonds is 2. The Hall–Kier alpha value is -1.10. The van der Waals surface area contributed by atoms with Gasteiger partial charge in [-0.05, 0) is 6.92 Å². The van der Waals surface area contributed by atoms with E-state index in [2.05, 4.69) is 0 Å². The van der Waals surface area contributed by atoms with E-state index in [1.807, 2.05) is 6.92 Å². The maximum Gasteiger partial charge on any atom is 0.232 e. The topological polar surface area (TPSA) is 72.6 Å². The molecule has 1 heterocycles. The average molecular weight is 186 g/mol. The zero-order valence-corrected chi connectivity index (χ0v) is 7.66. The fraction of sp³-hybridized carbons (Fsp3) is 0.750. The van der Waals surface area contributed by atoms with Crippen LogP contribution in [0.1, 0.15) is 13.3 Å². The summed E-state index contributed by atoms with van der Waals surface area (Å²) in [5.74, 6) is -0.785.